The molecule has 5 atom stereocenters. The number of pyridine rings is 1. The van der Waals surface area contributed by atoms with Crippen molar-refractivity contribution < 1.29 is 33.0 Å². The van der Waals surface area contributed by atoms with Crippen molar-refractivity contribution in [2.75, 3.05) is 0 Å². The van der Waals surface area contributed by atoms with Crippen LogP contribution in [0.4, 0.5) is 0 Å². The number of aryl methyl sites for hydroxylation is 1. The maximum atomic E-state index is 12.7. The van der Waals surface area contributed by atoms with Gasteiger partial charge in [-0.05, 0) is 37.5 Å². The highest BCUT2D eigenvalue weighted by Gasteiger charge is 2.63. The van der Waals surface area contributed by atoms with Crippen LogP contribution in [0.1, 0.15) is 87.7 Å². The van der Waals surface area contributed by atoms with Gasteiger partial charge in [0.2, 0.25) is 0 Å². The third-order valence-electron chi connectivity index (χ3n) is 8.81. The van der Waals surface area contributed by atoms with Crippen molar-refractivity contribution in [3.8, 4) is 0 Å². The molecule has 2 aliphatic heterocycles. The predicted molar refractivity (Wildman–Crippen MR) is 126 cm³/mol. The predicted octanol–water partition coefficient (Wildman–Crippen LogP) is 4.73. The molecule has 0 N–H and O–H groups in total. The molecule has 0 spiro atoms. The molecular formula is C28H29NO7. The number of cyclic esters (lactones) is 1. The van der Waals surface area contributed by atoms with E-state index in [2.05, 4.69) is 6.92 Å². The summed E-state index contributed by atoms with van der Waals surface area (Å²) in [6.45, 7) is 9.40. The SMILES string of the molecule is CC(=O)OC1c2cc3c(nc2C2(C)OC(=O)CC2C1(C)C)CCC1(C)C3=CC(=O)OC1c1ccoc1. The van der Waals surface area contributed by atoms with Gasteiger partial charge in [-0.2, -0.15) is 0 Å². The van der Waals surface area contributed by atoms with E-state index in [1.165, 1.54) is 6.92 Å². The number of furan rings is 1. The molecule has 188 valence electrons. The summed E-state index contributed by atoms with van der Waals surface area (Å²) < 4.78 is 22.9. The van der Waals surface area contributed by atoms with Crippen molar-refractivity contribution in [3.63, 3.8) is 0 Å². The maximum absolute atomic E-state index is 12.7. The molecule has 1 saturated heterocycles. The Morgan fingerprint density at radius 3 is 2.67 bits per heavy atom. The molecule has 4 aliphatic rings. The third-order valence-corrected chi connectivity index (χ3v) is 8.81. The van der Waals surface area contributed by atoms with Gasteiger partial charge in [0.05, 0.1) is 24.6 Å². The largest absolute Gasteiger partial charge is 0.472 e. The molecule has 2 aliphatic carbocycles. The molecule has 8 heteroatoms. The molecule has 36 heavy (non-hydrogen) atoms. The zero-order valence-electron chi connectivity index (χ0n) is 21.0. The Balaban J connectivity index is 1.56. The number of carbonyl (C=O) groups excluding carboxylic acids is 3. The second-order valence-corrected chi connectivity index (χ2v) is 11.4. The van der Waals surface area contributed by atoms with Gasteiger partial charge in [0.15, 0.2) is 5.60 Å². The number of fused-ring (bicyclic) bond motifs is 6. The second-order valence-electron chi connectivity index (χ2n) is 11.4. The van der Waals surface area contributed by atoms with Gasteiger partial charge in [0, 0.05) is 52.1 Å². The Labute approximate surface area is 209 Å². The first-order valence-corrected chi connectivity index (χ1v) is 12.3. The Morgan fingerprint density at radius 1 is 1.19 bits per heavy atom. The Kier molecular flexibility index (Phi) is 4.67. The standard InChI is InChI=1S/C28H29NO7/c1-14(30)34-25-17-10-16-18-11-21(31)35-24(15-7-9-33-13-15)27(18,4)8-6-19(16)29-23(17)28(5)20(26(25,2)3)12-22(32)36-28/h7,9-11,13,20,24-25H,6,8,12H2,1-5H3. The van der Waals surface area contributed by atoms with Crippen LogP contribution in [0.15, 0.2) is 35.2 Å². The van der Waals surface area contributed by atoms with Gasteiger partial charge < -0.3 is 18.6 Å². The Hall–Kier alpha value is -3.42. The summed E-state index contributed by atoms with van der Waals surface area (Å²) in [6.07, 6.45) is 5.22. The highest BCUT2D eigenvalue weighted by Crippen LogP contribution is 2.62. The lowest BCUT2D eigenvalue weighted by molar-refractivity contribution is -0.169. The fourth-order valence-corrected chi connectivity index (χ4v) is 7.04. The molecular weight excluding hydrogens is 462 g/mol. The minimum atomic E-state index is -0.929. The van der Waals surface area contributed by atoms with Crippen molar-refractivity contribution in [1.82, 2.24) is 4.98 Å². The van der Waals surface area contributed by atoms with E-state index < -0.39 is 40.6 Å². The highest BCUT2D eigenvalue weighted by atomic mass is 16.6. The summed E-state index contributed by atoms with van der Waals surface area (Å²) in [7, 11) is 0. The van der Waals surface area contributed by atoms with Crippen molar-refractivity contribution >= 4 is 23.5 Å². The van der Waals surface area contributed by atoms with Crippen LogP contribution < -0.4 is 0 Å². The number of nitrogens with zero attached hydrogens (tertiary/aromatic N) is 1. The molecule has 2 aromatic heterocycles. The molecule has 0 bridgehead atoms. The van der Waals surface area contributed by atoms with Crippen molar-refractivity contribution in [3.05, 3.63) is 58.8 Å². The number of rotatable bonds is 2. The van der Waals surface area contributed by atoms with E-state index in [0.29, 0.717) is 24.1 Å². The van der Waals surface area contributed by atoms with Gasteiger partial charge in [0.1, 0.15) is 12.2 Å². The molecule has 2 aromatic rings. The lowest BCUT2D eigenvalue weighted by atomic mass is 9.58. The van der Waals surface area contributed by atoms with Gasteiger partial charge in [-0.15, -0.1) is 0 Å². The maximum Gasteiger partial charge on any atom is 0.331 e. The molecule has 0 aromatic carbocycles. The quantitative estimate of drug-likeness (QED) is 0.439. The summed E-state index contributed by atoms with van der Waals surface area (Å²) in [5.41, 5.74) is 2.66. The first-order valence-electron chi connectivity index (χ1n) is 12.3. The summed E-state index contributed by atoms with van der Waals surface area (Å²) in [5.74, 6) is -1.32. The first-order chi connectivity index (χ1) is 16.9. The monoisotopic (exact) mass is 491 g/mol. The van der Waals surface area contributed by atoms with E-state index in [1.54, 1.807) is 18.6 Å². The molecule has 8 nitrogen and oxygen atoms in total. The second kappa shape index (κ2) is 7.31. The average Bonchev–Trinajstić information content (AvgIpc) is 3.44. The van der Waals surface area contributed by atoms with Gasteiger partial charge in [0.25, 0.3) is 0 Å². The van der Waals surface area contributed by atoms with Crippen molar-refractivity contribution in [2.24, 2.45) is 16.7 Å². The van der Waals surface area contributed by atoms with Crippen LogP contribution in [0.2, 0.25) is 0 Å². The first kappa shape index (κ1) is 23.0. The minimum Gasteiger partial charge on any atom is -0.472 e. The topological polar surface area (TPSA) is 105 Å². The van der Waals surface area contributed by atoms with E-state index in [0.717, 1.165) is 22.4 Å². The van der Waals surface area contributed by atoms with Crippen LogP contribution in [0.3, 0.4) is 0 Å². The molecule has 0 radical (unpaired) electrons. The average molecular weight is 492 g/mol. The molecule has 5 unspecified atom stereocenters. The molecule has 6 rings (SSSR count). The smallest absolute Gasteiger partial charge is 0.331 e. The van der Waals surface area contributed by atoms with Crippen LogP contribution in [0.25, 0.3) is 5.57 Å². The van der Waals surface area contributed by atoms with Gasteiger partial charge in [-0.3, -0.25) is 14.6 Å². The van der Waals surface area contributed by atoms with E-state index in [-0.39, 0.29) is 18.3 Å². The van der Waals surface area contributed by atoms with Gasteiger partial charge in [-0.1, -0.05) is 20.8 Å². The number of hydrogen-bond acceptors (Lipinski definition) is 8. The summed E-state index contributed by atoms with van der Waals surface area (Å²) in [4.78, 5) is 42.5. The number of carbonyl (C=O) groups is 3. The van der Waals surface area contributed by atoms with E-state index in [9.17, 15) is 14.4 Å². The third kappa shape index (κ3) is 2.99. The highest BCUT2D eigenvalue weighted by molar-refractivity contribution is 5.96. The van der Waals surface area contributed by atoms with Crippen molar-refractivity contribution in [1.29, 1.82) is 0 Å². The van der Waals surface area contributed by atoms with Gasteiger partial charge >= 0.3 is 17.9 Å². The zero-order chi connectivity index (χ0) is 25.6. The van der Waals surface area contributed by atoms with Crippen LogP contribution in [0.5, 0.6) is 0 Å². The lowest BCUT2D eigenvalue weighted by Gasteiger charge is -2.50. The summed E-state index contributed by atoms with van der Waals surface area (Å²) >= 11 is 0. The summed E-state index contributed by atoms with van der Waals surface area (Å²) in [5, 5.41) is 0. The van der Waals surface area contributed by atoms with E-state index in [4.69, 9.17) is 23.6 Å². The molecule has 0 saturated carbocycles. The van der Waals surface area contributed by atoms with Crippen LogP contribution in [0, 0.1) is 16.7 Å². The Morgan fingerprint density at radius 2 is 1.97 bits per heavy atom. The number of hydrogen-bond donors (Lipinski definition) is 0. The van der Waals surface area contributed by atoms with Gasteiger partial charge in [-0.25, -0.2) is 4.79 Å². The van der Waals surface area contributed by atoms with Crippen LogP contribution in [-0.4, -0.2) is 22.9 Å². The number of esters is 3. The molecule has 4 heterocycles. The molecule has 1 fully saturated rings. The molecule has 0 amide bonds. The van der Waals surface area contributed by atoms with E-state index in [1.807, 2.05) is 32.9 Å². The normalized spacial score (nSPS) is 33.8. The van der Waals surface area contributed by atoms with Crippen molar-refractivity contribution in [2.45, 2.75) is 71.7 Å². The zero-order valence-corrected chi connectivity index (χ0v) is 21.0. The minimum absolute atomic E-state index is 0.205. The fraction of sp³-hybridized carbons (Fsp3) is 0.500. The summed E-state index contributed by atoms with van der Waals surface area (Å²) in [6, 6.07) is 3.82. The fourth-order valence-electron chi connectivity index (χ4n) is 7.04. The number of aromatic nitrogens is 1. The van der Waals surface area contributed by atoms with Crippen LogP contribution in [-0.2, 0) is 40.6 Å². The lowest BCUT2D eigenvalue weighted by Crippen LogP contribution is -2.49. The van der Waals surface area contributed by atoms with E-state index >= 15 is 0 Å². The number of ether oxygens (including phenoxy) is 3. The Bertz CT molecular complexity index is 1340. The van der Waals surface area contributed by atoms with Crippen LogP contribution >= 0.6 is 0 Å².